The molecular weight excluding hydrogens is 360 g/mol. The average Bonchev–Trinajstić information content (AvgIpc) is 3.40. The molecule has 0 unspecified atom stereocenters. The fourth-order valence-electron chi connectivity index (χ4n) is 3.63. The molecule has 1 N–H and O–H groups in total. The van der Waals surface area contributed by atoms with E-state index in [-0.39, 0.29) is 5.91 Å². The number of ether oxygens (including phenoxy) is 2. The van der Waals surface area contributed by atoms with Crippen LogP contribution >= 0.6 is 11.3 Å². The SMILES string of the molecule is COc1ccccc1OCCNC(=O)c1cc2cn(C3CCCC3)cc2s1. The van der Waals surface area contributed by atoms with E-state index in [4.69, 9.17) is 9.47 Å². The molecule has 0 radical (unpaired) electrons. The highest BCUT2D eigenvalue weighted by Crippen LogP contribution is 2.34. The minimum Gasteiger partial charge on any atom is -0.493 e. The number of carbonyl (C=O) groups is 1. The number of para-hydroxylation sites is 2. The standard InChI is InChI=1S/C21H24N2O3S/c1-25-17-8-4-5-9-18(17)26-11-10-22-21(24)19-12-15-13-23(14-20(15)27-19)16-6-2-3-7-16/h4-5,8-9,12-14,16H,2-3,6-7,10-11H2,1H3,(H,22,24). The number of nitrogens with one attached hydrogen (secondary N) is 1. The van der Waals surface area contributed by atoms with E-state index in [9.17, 15) is 4.79 Å². The maximum atomic E-state index is 12.4. The Morgan fingerprint density at radius 3 is 2.74 bits per heavy atom. The second-order valence-electron chi connectivity index (χ2n) is 6.83. The van der Waals surface area contributed by atoms with Gasteiger partial charge in [-0.2, -0.15) is 0 Å². The van der Waals surface area contributed by atoms with Gasteiger partial charge >= 0.3 is 0 Å². The molecule has 1 saturated carbocycles. The Labute approximate surface area is 162 Å². The van der Waals surface area contributed by atoms with Crippen molar-refractivity contribution in [3.63, 3.8) is 0 Å². The Morgan fingerprint density at radius 2 is 2.00 bits per heavy atom. The number of carbonyl (C=O) groups excluding carboxylic acids is 1. The van der Waals surface area contributed by atoms with E-state index in [2.05, 4.69) is 22.3 Å². The minimum atomic E-state index is -0.0488. The highest BCUT2D eigenvalue weighted by molar-refractivity contribution is 7.20. The van der Waals surface area contributed by atoms with Crippen LogP contribution in [-0.4, -0.2) is 30.7 Å². The lowest BCUT2D eigenvalue weighted by Crippen LogP contribution is -2.27. The Hall–Kier alpha value is -2.47. The van der Waals surface area contributed by atoms with E-state index in [0.29, 0.717) is 30.7 Å². The number of fused-ring (bicyclic) bond motifs is 1. The van der Waals surface area contributed by atoms with Crippen LogP contribution in [0.5, 0.6) is 11.5 Å². The van der Waals surface area contributed by atoms with E-state index in [1.807, 2.05) is 30.3 Å². The first-order valence-electron chi connectivity index (χ1n) is 9.39. The maximum Gasteiger partial charge on any atom is 0.261 e. The van der Waals surface area contributed by atoms with Crippen LogP contribution in [0.25, 0.3) is 10.1 Å². The number of hydrogen-bond acceptors (Lipinski definition) is 4. The summed E-state index contributed by atoms with van der Waals surface area (Å²) in [7, 11) is 1.61. The number of amides is 1. The van der Waals surface area contributed by atoms with Crippen molar-refractivity contribution in [2.75, 3.05) is 20.3 Å². The van der Waals surface area contributed by atoms with Gasteiger partial charge in [0.05, 0.1) is 23.2 Å². The fraction of sp³-hybridized carbons (Fsp3) is 0.381. The molecule has 0 saturated heterocycles. The first-order valence-corrected chi connectivity index (χ1v) is 10.2. The Morgan fingerprint density at radius 1 is 1.22 bits per heavy atom. The monoisotopic (exact) mass is 384 g/mol. The highest BCUT2D eigenvalue weighted by atomic mass is 32.1. The van der Waals surface area contributed by atoms with E-state index >= 15 is 0 Å². The Kier molecular flexibility index (Phi) is 5.34. The molecule has 3 aromatic rings. The predicted octanol–water partition coefficient (Wildman–Crippen LogP) is 4.64. The molecule has 2 heterocycles. The molecule has 4 rings (SSSR count). The molecule has 142 valence electrons. The second-order valence-corrected chi connectivity index (χ2v) is 7.91. The summed E-state index contributed by atoms with van der Waals surface area (Å²) >= 11 is 1.55. The third-order valence-corrected chi connectivity index (χ3v) is 6.11. The minimum absolute atomic E-state index is 0.0488. The summed E-state index contributed by atoms with van der Waals surface area (Å²) in [6, 6.07) is 10.1. The van der Waals surface area contributed by atoms with Gasteiger partial charge in [0.25, 0.3) is 5.91 Å². The van der Waals surface area contributed by atoms with Crippen LogP contribution in [0.15, 0.2) is 42.7 Å². The van der Waals surface area contributed by atoms with Gasteiger partial charge in [-0.15, -0.1) is 11.3 Å². The first kappa shape index (κ1) is 17.9. The van der Waals surface area contributed by atoms with Crippen molar-refractivity contribution in [1.82, 2.24) is 9.88 Å². The Bertz CT molecular complexity index is 893. The number of aromatic nitrogens is 1. The smallest absolute Gasteiger partial charge is 0.261 e. The van der Waals surface area contributed by atoms with E-state index in [1.54, 1.807) is 18.4 Å². The molecule has 0 atom stereocenters. The van der Waals surface area contributed by atoms with Crippen LogP contribution in [0.1, 0.15) is 41.4 Å². The number of hydrogen-bond donors (Lipinski definition) is 1. The molecule has 1 fully saturated rings. The molecule has 0 spiro atoms. The van der Waals surface area contributed by atoms with Gasteiger partial charge in [-0.3, -0.25) is 4.79 Å². The topological polar surface area (TPSA) is 52.5 Å². The van der Waals surface area contributed by atoms with Crippen molar-refractivity contribution in [2.24, 2.45) is 0 Å². The maximum absolute atomic E-state index is 12.4. The summed E-state index contributed by atoms with van der Waals surface area (Å²) < 4.78 is 14.5. The van der Waals surface area contributed by atoms with Crippen molar-refractivity contribution >= 4 is 27.3 Å². The molecule has 1 aromatic carbocycles. The van der Waals surface area contributed by atoms with Crippen LogP contribution in [0.4, 0.5) is 0 Å². The number of benzene rings is 1. The fourth-order valence-corrected chi connectivity index (χ4v) is 4.62. The third kappa shape index (κ3) is 3.95. The summed E-state index contributed by atoms with van der Waals surface area (Å²) in [5.41, 5.74) is 0. The zero-order chi connectivity index (χ0) is 18.6. The largest absolute Gasteiger partial charge is 0.493 e. The summed E-state index contributed by atoms with van der Waals surface area (Å²) in [6.07, 6.45) is 9.55. The molecule has 1 aliphatic rings. The molecule has 1 aliphatic carbocycles. The van der Waals surface area contributed by atoms with Gasteiger partial charge in [-0.05, 0) is 31.0 Å². The number of rotatable bonds is 7. The highest BCUT2D eigenvalue weighted by Gasteiger charge is 2.18. The molecule has 5 nitrogen and oxygen atoms in total. The van der Waals surface area contributed by atoms with Gasteiger partial charge in [0.2, 0.25) is 0 Å². The number of thiophene rings is 1. The third-order valence-electron chi connectivity index (χ3n) is 5.03. The van der Waals surface area contributed by atoms with Crippen LogP contribution in [0.3, 0.4) is 0 Å². The van der Waals surface area contributed by atoms with E-state index < -0.39 is 0 Å². The van der Waals surface area contributed by atoms with Gasteiger partial charge in [0.1, 0.15) is 6.61 Å². The van der Waals surface area contributed by atoms with Crippen molar-refractivity contribution in [3.8, 4) is 11.5 Å². The van der Waals surface area contributed by atoms with Crippen molar-refractivity contribution in [3.05, 3.63) is 47.6 Å². The van der Waals surface area contributed by atoms with Gasteiger partial charge in [0, 0.05) is 23.8 Å². The van der Waals surface area contributed by atoms with E-state index in [0.717, 1.165) is 10.3 Å². The zero-order valence-electron chi connectivity index (χ0n) is 15.4. The van der Waals surface area contributed by atoms with Crippen molar-refractivity contribution < 1.29 is 14.3 Å². The zero-order valence-corrected chi connectivity index (χ0v) is 16.3. The lowest BCUT2D eigenvalue weighted by molar-refractivity contribution is 0.0951. The van der Waals surface area contributed by atoms with Crippen LogP contribution in [0, 0.1) is 0 Å². The van der Waals surface area contributed by atoms with Gasteiger partial charge in [-0.25, -0.2) is 0 Å². The van der Waals surface area contributed by atoms with Crippen LogP contribution in [-0.2, 0) is 0 Å². The molecule has 2 aromatic heterocycles. The van der Waals surface area contributed by atoms with Gasteiger partial charge < -0.3 is 19.4 Å². The van der Waals surface area contributed by atoms with Crippen molar-refractivity contribution in [2.45, 2.75) is 31.7 Å². The summed E-state index contributed by atoms with van der Waals surface area (Å²) in [5.74, 6) is 1.32. The summed E-state index contributed by atoms with van der Waals surface area (Å²) in [5, 5.41) is 4.08. The molecular formula is C21H24N2O3S. The van der Waals surface area contributed by atoms with Gasteiger partial charge in [-0.1, -0.05) is 25.0 Å². The number of methoxy groups -OCH3 is 1. The van der Waals surface area contributed by atoms with Gasteiger partial charge in [0.15, 0.2) is 11.5 Å². The molecule has 0 aliphatic heterocycles. The summed E-state index contributed by atoms with van der Waals surface area (Å²) in [4.78, 5) is 13.1. The normalized spacial score (nSPS) is 14.6. The lowest BCUT2D eigenvalue weighted by Gasteiger charge is -2.11. The average molecular weight is 385 g/mol. The molecule has 27 heavy (non-hydrogen) atoms. The predicted molar refractivity (Wildman–Crippen MR) is 108 cm³/mol. The van der Waals surface area contributed by atoms with Crippen LogP contribution in [0.2, 0.25) is 0 Å². The Balaban J connectivity index is 1.31. The lowest BCUT2D eigenvalue weighted by atomic mass is 10.2. The second kappa shape index (κ2) is 8.05. The first-order chi connectivity index (χ1) is 13.2. The van der Waals surface area contributed by atoms with Crippen molar-refractivity contribution in [1.29, 1.82) is 0 Å². The molecule has 1 amide bonds. The summed E-state index contributed by atoms with van der Waals surface area (Å²) in [6.45, 7) is 0.839. The molecule has 0 bridgehead atoms. The van der Waals surface area contributed by atoms with Crippen LogP contribution < -0.4 is 14.8 Å². The number of nitrogens with zero attached hydrogens (tertiary/aromatic N) is 1. The van der Waals surface area contributed by atoms with E-state index in [1.165, 1.54) is 30.4 Å². The quantitative estimate of drug-likeness (QED) is 0.604. The molecule has 6 heteroatoms.